The van der Waals surface area contributed by atoms with Gasteiger partial charge < -0.3 is 5.32 Å². The van der Waals surface area contributed by atoms with Gasteiger partial charge in [0.05, 0.1) is 5.75 Å². The van der Waals surface area contributed by atoms with E-state index >= 15 is 0 Å². The van der Waals surface area contributed by atoms with Crippen LogP contribution in [0.25, 0.3) is 0 Å². The number of hydrogen-bond acceptors (Lipinski definition) is 3. The number of benzene rings is 1. The van der Waals surface area contributed by atoms with Gasteiger partial charge in [0.15, 0.2) is 0 Å². The molecule has 5 heteroatoms. The lowest BCUT2D eigenvalue weighted by Gasteiger charge is -2.08. The van der Waals surface area contributed by atoms with E-state index in [-0.39, 0.29) is 5.75 Å². The standard InChI is InChI=1S/C12H19NO3S/c1-10-7-11(2)9-12(8-10)13-5-3-4-6-17(14,15)16/h7-9,13H,3-6H2,1-2H3,(H,14,15,16). The summed E-state index contributed by atoms with van der Waals surface area (Å²) < 4.78 is 29.5. The number of anilines is 1. The molecule has 0 aromatic heterocycles. The summed E-state index contributed by atoms with van der Waals surface area (Å²) in [4.78, 5) is 0. The van der Waals surface area contributed by atoms with E-state index in [2.05, 4.69) is 23.5 Å². The Morgan fingerprint density at radius 1 is 1.12 bits per heavy atom. The normalized spacial score (nSPS) is 11.5. The first-order valence-corrected chi connectivity index (χ1v) is 7.25. The van der Waals surface area contributed by atoms with Crippen LogP contribution in [0.4, 0.5) is 5.69 Å². The third-order valence-corrected chi connectivity index (χ3v) is 3.18. The van der Waals surface area contributed by atoms with Gasteiger partial charge in [0.2, 0.25) is 0 Å². The molecule has 2 N–H and O–H groups in total. The second-order valence-electron chi connectivity index (χ2n) is 4.30. The maximum absolute atomic E-state index is 10.5. The van der Waals surface area contributed by atoms with Gasteiger partial charge in [0, 0.05) is 12.2 Å². The number of hydrogen-bond donors (Lipinski definition) is 2. The van der Waals surface area contributed by atoms with Crippen molar-refractivity contribution in [3.05, 3.63) is 29.3 Å². The predicted molar refractivity (Wildman–Crippen MR) is 70.1 cm³/mol. The number of aryl methyl sites for hydroxylation is 2. The first-order chi connectivity index (χ1) is 7.87. The number of unbranched alkanes of at least 4 members (excludes halogenated alkanes) is 1. The van der Waals surface area contributed by atoms with Crippen molar-refractivity contribution >= 4 is 15.8 Å². The third-order valence-electron chi connectivity index (χ3n) is 2.38. The molecule has 0 saturated heterocycles. The molecule has 1 aromatic rings. The van der Waals surface area contributed by atoms with E-state index in [1.54, 1.807) is 0 Å². The monoisotopic (exact) mass is 257 g/mol. The molecule has 0 fully saturated rings. The van der Waals surface area contributed by atoms with Gasteiger partial charge in [-0.25, -0.2) is 0 Å². The molecule has 0 heterocycles. The van der Waals surface area contributed by atoms with Crippen molar-refractivity contribution in [2.24, 2.45) is 0 Å². The Balaban J connectivity index is 2.31. The van der Waals surface area contributed by atoms with Crippen molar-refractivity contribution in [3.63, 3.8) is 0 Å². The number of nitrogens with one attached hydrogen (secondary N) is 1. The topological polar surface area (TPSA) is 66.4 Å². The average molecular weight is 257 g/mol. The molecule has 96 valence electrons. The van der Waals surface area contributed by atoms with Gasteiger partial charge in [-0.1, -0.05) is 6.07 Å². The molecular weight excluding hydrogens is 238 g/mol. The van der Waals surface area contributed by atoms with Crippen LogP contribution in [0.15, 0.2) is 18.2 Å². The second kappa shape index (κ2) is 6.02. The summed E-state index contributed by atoms with van der Waals surface area (Å²) in [7, 11) is -3.81. The third kappa shape index (κ3) is 6.28. The van der Waals surface area contributed by atoms with Gasteiger partial charge >= 0.3 is 0 Å². The first kappa shape index (κ1) is 14.0. The largest absolute Gasteiger partial charge is 0.385 e. The SMILES string of the molecule is Cc1cc(C)cc(NCCCCS(=O)(=O)O)c1. The molecule has 0 aliphatic heterocycles. The van der Waals surface area contributed by atoms with Gasteiger partial charge in [-0.05, 0) is 49.9 Å². The molecule has 0 aliphatic rings. The zero-order chi connectivity index (χ0) is 12.9. The average Bonchev–Trinajstić information content (AvgIpc) is 2.13. The molecule has 0 unspecified atom stereocenters. The quantitative estimate of drug-likeness (QED) is 0.606. The Morgan fingerprint density at radius 3 is 2.24 bits per heavy atom. The van der Waals surface area contributed by atoms with E-state index in [0.717, 1.165) is 5.69 Å². The summed E-state index contributed by atoms with van der Waals surface area (Å²) in [6.07, 6.45) is 1.18. The maximum Gasteiger partial charge on any atom is 0.264 e. The van der Waals surface area contributed by atoms with Gasteiger partial charge in [0.1, 0.15) is 0 Å². The molecular formula is C12H19NO3S. The summed E-state index contributed by atoms with van der Waals surface area (Å²) in [6, 6.07) is 6.20. The van der Waals surface area contributed by atoms with Crippen LogP contribution in [0, 0.1) is 13.8 Å². The van der Waals surface area contributed by atoms with Crippen molar-refractivity contribution in [3.8, 4) is 0 Å². The lowest BCUT2D eigenvalue weighted by atomic mass is 10.1. The minimum atomic E-state index is -3.81. The van der Waals surface area contributed by atoms with Crippen LogP contribution in [0.1, 0.15) is 24.0 Å². The van der Waals surface area contributed by atoms with Crippen LogP contribution in [-0.4, -0.2) is 25.3 Å². The maximum atomic E-state index is 10.5. The van der Waals surface area contributed by atoms with Gasteiger partial charge in [-0.15, -0.1) is 0 Å². The van der Waals surface area contributed by atoms with Gasteiger partial charge in [0.25, 0.3) is 10.1 Å². The smallest absolute Gasteiger partial charge is 0.264 e. The van der Waals surface area contributed by atoms with Crippen molar-refractivity contribution < 1.29 is 13.0 Å². The van der Waals surface area contributed by atoms with E-state index in [0.29, 0.717) is 19.4 Å². The van der Waals surface area contributed by atoms with Gasteiger partial charge in [-0.3, -0.25) is 4.55 Å². The fraction of sp³-hybridized carbons (Fsp3) is 0.500. The summed E-state index contributed by atoms with van der Waals surface area (Å²) in [5, 5.41) is 3.24. The summed E-state index contributed by atoms with van der Waals surface area (Å²) in [5.74, 6) is -0.165. The second-order valence-corrected chi connectivity index (χ2v) is 5.87. The lowest BCUT2D eigenvalue weighted by molar-refractivity contribution is 0.480. The fourth-order valence-electron chi connectivity index (χ4n) is 1.72. The van der Waals surface area contributed by atoms with E-state index < -0.39 is 10.1 Å². The molecule has 0 atom stereocenters. The van der Waals surface area contributed by atoms with Crippen molar-refractivity contribution in [1.82, 2.24) is 0 Å². The van der Waals surface area contributed by atoms with Crippen LogP contribution in [0.3, 0.4) is 0 Å². The Bertz CT molecular complexity index is 448. The summed E-state index contributed by atoms with van der Waals surface area (Å²) in [6.45, 7) is 4.78. The summed E-state index contributed by atoms with van der Waals surface area (Å²) >= 11 is 0. The van der Waals surface area contributed by atoms with Gasteiger partial charge in [-0.2, -0.15) is 8.42 Å². The fourth-order valence-corrected chi connectivity index (χ4v) is 2.29. The predicted octanol–water partition coefficient (Wildman–Crippen LogP) is 2.38. The highest BCUT2D eigenvalue weighted by Gasteiger charge is 2.03. The van der Waals surface area contributed by atoms with Crippen LogP contribution in [0.2, 0.25) is 0 Å². The zero-order valence-corrected chi connectivity index (χ0v) is 11.0. The number of rotatable bonds is 6. The minimum Gasteiger partial charge on any atom is -0.385 e. The first-order valence-electron chi connectivity index (χ1n) is 5.64. The van der Waals surface area contributed by atoms with Crippen LogP contribution < -0.4 is 5.32 Å². The Kier molecular flexibility index (Phi) is 4.96. The van der Waals surface area contributed by atoms with Crippen molar-refractivity contribution in [2.75, 3.05) is 17.6 Å². The van der Waals surface area contributed by atoms with E-state index in [9.17, 15) is 8.42 Å². The highest BCUT2D eigenvalue weighted by molar-refractivity contribution is 7.85. The van der Waals surface area contributed by atoms with Crippen molar-refractivity contribution in [2.45, 2.75) is 26.7 Å². The Morgan fingerprint density at radius 2 is 1.71 bits per heavy atom. The molecule has 1 rings (SSSR count). The Labute approximate surface area is 103 Å². The molecule has 0 bridgehead atoms. The molecule has 0 saturated carbocycles. The van der Waals surface area contributed by atoms with Crippen LogP contribution in [-0.2, 0) is 10.1 Å². The van der Waals surface area contributed by atoms with E-state index in [4.69, 9.17) is 4.55 Å². The summed E-state index contributed by atoms with van der Waals surface area (Å²) in [5.41, 5.74) is 3.45. The minimum absolute atomic E-state index is 0.165. The van der Waals surface area contributed by atoms with Crippen LogP contribution in [0.5, 0.6) is 0 Å². The zero-order valence-electron chi connectivity index (χ0n) is 10.2. The molecule has 17 heavy (non-hydrogen) atoms. The molecule has 4 nitrogen and oxygen atoms in total. The van der Waals surface area contributed by atoms with Crippen molar-refractivity contribution in [1.29, 1.82) is 0 Å². The molecule has 0 radical (unpaired) electrons. The van der Waals surface area contributed by atoms with Crippen LogP contribution >= 0.6 is 0 Å². The lowest BCUT2D eigenvalue weighted by Crippen LogP contribution is -2.07. The molecule has 0 spiro atoms. The Hall–Kier alpha value is -1.07. The highest BCUT2D eigenvalue weighted by Crippen LogP contribution is 2.13. The molecule has 0 aliphatic carbocycles. The highest BCUT2D eigenvalue weighted by atomic mass is 32.2. The van der Waals surface area contributed by atoms with E-state index in [1.165, 1.54) is 11.1 Å². The molecule has 1 aromatic carbocycles. The van der Waals surface area contributed by atoms with E-state index in [1.807, 2.05) is 13.8 Å². The molecule has 0 amide bonds.